The maximum Gasteiger partial charge on any atom is 0.346 e. The number of aromatic nitrogens is 1. The van der Waals surface area contributed by atoms with Gasteiger partial charge in [0.2, 0.25) is 11.3 Å². The molecule has 0 spiro atoms. The molecular formula is C27H27N3O7. The van der Waals surface area contributed by atoms with Crippen LogP contribution in [-0.2, 0) is 19.1 Å². The van der Waals surface area contributed by atoms with Gasteiger partial charge in [0.1, 0.15) is 23.9 Å². The van der Waals surface area contributed by atoms with Crippen molar-refractivity contribution in [1.29, 1.82) is 0 Å². The zero-order valence-corrected chi connectivity index (χ0v) is 21.0. The van der Waals surface area contributed by atoms with Gasteiger partial charge < -0.3 is 24.1 Å². The molecule has 0 bridgehead atoms. The summed E-state index contributed by atoms with van der Waals surface area (Å²) in [4.78, 5) is 55.6. The second kappa shape index (κ2) is 10.7. The Bertz CT molecular complexity index is 1530. The molecule has 1 amide bonds. The van der Waals surface area contributed by atoms with Crippen LogP contribution < -0.4 is 15.6 Å². The lowest BCUT2D eigenvalue weighted by molar-refractivity contribution is -0.146. The Labute approximate surface area is 212 Å². The molecule has 0 radical (unpaired) electrons. The maximum absolute atomic E-state index is 13.2. The minimum Gasteiger partial charge on any atom is -0.462 e. The Morgan fingerprint density at radius 2 is 1.84 bits per heavy atom. The van der Waals surface area contributed by atoms with E-state index in [2.05, 4.69) is 5.32 Å². The number of rotatable bonds is 8. The molecule has 0 saturated heterocycles. The van der Waals surface area contributed by atoms with Crippen LogP contribution in [0, 0.1) is 0 Å². The van der Waals surface area contributed by atoms with Crippen LogP contribution in [0.4, 0.5) is 5.69 Å². The summed E-state index contributed by atoms with van der Waals surface area (Å²) in [6, 6.07) is 11.5. The predicted octanol–water partition coefficient (Wildman–Crippen LogP) is 3.13. The van der Waals surface area contributed by atoms with Gasteiger partial charge in [0.15, 0.2) is 16.9 Å². The number of fused-ring (bicyclic) bond motifs is 4. The van der Waals surface area contributed by atoms with E-state index in [0.717, 1.165) is 5.69 Å². The van der Waals surface area contributed by atoms with Gasteiger partial charge in [-0.15, -0.1) is 0 Å². The molecule has 37 heavy (non-hydrogen) atoms. The van der Waals surface area contributed by atoms with E-state index in [0.29, 0.717) is 34.1 Å². The highest BCUT2D eigenvalue weighted by Gasteiger charge is 2.27. The van der Waals surface area contributed by atoms with Crippen LogP contribution in [-0.4, -0.2) is 55.7 Å². The highest BCUT2D eigenvalue weighted by molar-refractivity contribution is 6.06. The number of hydrogen-bond donors (Lipinski definition) is 1. The van der Waals surface area contributed by atoms with Crippen molar-refractivity contribution >= 4 is 45.4 Å². The first-order valence-corrected chi connectivity index (χ1v) is 11.8. The number of carbonyl (C=O) groups is 3. The summed E-state index contributed by atoms with van der Waals surface area (Å²) >= 11 is 0. The van der Waals surface area contributed by atoms with Gasteiger partial charge in [-0.2, -0.15) is 0 Å². The van der Waals surface area contributed by atoms with Crippen molar-refractivity contribution in [3.63, 3.8) is 0 Å². The molecule has 1 atom stereocenters. The average Bonchev–Trinajstić information content (AvgIpc) is 2.87. The van der Waals surface area contributed by atoms with Crippen LogP contribution >= 0.6 is 0 Å². The highest BCUT2D eigenvalue weighted by atomic mass is 16.5. The number of nitrogens with zero attached hydrogens (tertiary/aromatic N) is 2. The second-order valence-corrected chi connectivity index (χ2v) is 8.53. The van der Waals surface area contributed by atoms with Crippen molar-refractivity contribution in [2.45, 2.75) is 26.8 Å². The molecule has 192 valence electrons. The standard InChI is InChI=1S/C27H27N3O7/c1-5-35-27(34)22-24(32)19-9-7-6-8-18(19)23-25(22)37-21-14-17(10-11-20(21)29-23)30(4)12-13-36-26(33)15(2)28-16(3)31/h6-11,14-15H,5,12-13H2,1-4H3,(H,28,31)/t15-/m0/s1. The summed E-state index contributed by atoms with van der Waals surface area (Å²) in [5, 5.41) is 3.42. The number of likely N-dealkylation sites (N-methyl/N-ethyl adjacent to an activating group) is 1. The minimum atomic E-state index is -0.767. The molecule has 2 aromatic rings. The van der Waals surface area contributed by atoms with Crippen molar-refractivity contribution in [3.05, 3.63) is 58.3 Å². The normalized spacial score (nSPS) is 11.9. The van der Waals surface area contributed by atoms with Gasteiger partial charge in [0.05, 0.1) is 13.2 Å². The third-order valence-electron chi connectivity index (χ3n) is 5.85. The van der Waals surface area contributed by atoms with Crippen LogP contribution in [0.25, 0.3) is 33.3 Å². The van der Waals surface area contributed by atoms with Gasteiger partial charge >= 0.3 is 11.9 Å². The number of esters is 2. The summed E-state index contributed by atoms with van der Waals surface area (Å²) in [5.74, 6) is -1.54. The summed E-state index contributed by atoms with van der Waals surface area (Å²) in [7, 11) is 1.81. The van der Waals surface area contributed by atoms with Crippen molar-refractivity contribution in [1.82, 2.24) is 10.3 Å². The molecule has 4 rings (SSSR count). The molecule has 2 aromatic carbocycles. The lowest BCUT2D eigenvalue weighted by atomic mass is 9.99. The summed E-state index contributed by atoms with van der Waals surface area (Å²) < 4.78 is 16.5. The zero-order valence-electron chi connectivity index (χ0n) is 21.0. The Balaban J connectivity index is 1.67. The fraction of sp³-hybridized carbons (Fsp3) is 0.296. The molecule has 0 fully saturated rings. The molecule has 1 N–H and O–H groups in total. The Morgan fingerprint density at radius 1 is 1.11 bits per heavy atom. The fourth-order valence-electron chi connectivity index (χ4n) is 4.01. The summed E-state index contributed by atoms with van der Waals surface area (Å²) in [6.45, 7) is 5.12. The molecule has 0 saturated carbocycles. The zero-order chi connectivity index (χ0) is 26.7. The molecule has 1 aliphatic heterocycles. The molecule has 10 heteroatoms. The van der Waals surface area contributed by atoms with Crippen LogP contribution in [0.15, 0.2) is 51.7 Å². The SMILES string of the molecule is CCOC(=O)c1c2oc3cc(N(C)CCOC(=O)[C@H](C)NC(C)=O)ccc3nc-2c2ccccc2c1=O. The van der Waals surface area contributed by atoms with Crippen molar-refractivity contribution in [2.75, 3.05) is 31.7 Å². The molecular weight excluding hydrogens is 478 g/mol. The number of ether oxygens (including phenoxy) is 2. The first kappa shape index (κ1) is 25.6. The number of amides is 1. The van der Waals surface area contributed by atoms with E-state index in [1.54, 1.807) is 50.2 Å². The number of nitrogens with one attached hydrogen (secondary N) is 1. The number of anilines is 1. The molecule has 2 aliphatic rings. The molecule has 0 unspecified atom stereocenters. The van der Waals surface area contributed by atoms with Crippen molar-refractivity contribution < 1.29 is 28.3 Å². The van der Waals surface area contributed by atoms with E-state index in [-0.39, 0.29) is 30.4 Å². The molecule has 10 nitrogen and oxygen atoms in total. The van der Waals surface area contributed by atoms with Crippen LogP contribution in [0.1, 0.15) is 31.1 Å². The number of carbonyl (C=O) groups excluding carboxylic acids is 3. The molecule has 0 aromatic heterocycles. The first-order chi connectivity index (χ1) is 17.7. The van der Waals surface area contributed by atoms with E-state index >= 15 is 0 Å². The largest absolute Gasteiger partial charge is 0.462 e. The lowest BCUT2D eigenvalue weighted by Gasteiger charge is -2.20. The summed E-state index contributed by atoms with van der Waals surface area (Å²) in [5.41, 5.74) is 1.38. The molecule has 1 aliphatic carbocycles. The smallest absolute Gasteiger partial charge is 0.346 e. The number of hydrogen-bond acceptors (Lipinski definition) is 9. The topological polar surface area (TPSA) is 128 Å². The van der Waals surface area contributed by atoms with Crippen LogP contribution in [0.3, 0.4) is 0 Å². The third kappa shape index (κ3) is 5.23. The Morgan fingerprint density at radius 3 is 2.54 bits per heavy atom. The van der Waals surface area contributed by atoms with E-state index in [1.165, 1.54) is 6.92 Å². The van der Waals surface area contributed by atoms with E-state index < -0.39 is 23.4 Å². The van der Waals surface area contributed by atoms with Crippen LogP contribution in [0.2, 0.25) is 0 Å². The first-order valence-electron chi connectivity index (χ1n) is 11.8. The van der Waals surface area contributed by atoms with Gasteiger partial charge in [-0.1, -0.05) is 24.3 Å². The average molecular weight is 506 g/mol. The quantitative estimate of drug-likeness (QED) is 0.218. The third-order valence-corrected chi connectivity index (χ3v) is 5.85. The van der Waals surface area contributed by atoms with Gasteiger partial charge in [0, 0.05) is 36.5 Å². The number of benzene rings is 3. The van der Waals surface area contributed by atoms with Gasteiger partial charge in [-0.3, -0.25) is 9.59 Å². The van der Waals surface area contributed by atoms with Crippen LogP contribution in [0.5, 0.6) is 0 Å². The van der Waals surface area contributed by atoms with Gasteiger partial charge in [-0.25, -0.2) is 14.6 Å². The monoisotopic (exact) mass is 505 g/mol. The molecule has 1 heterocycles. The predicted molar refractivity (Wildman–Crippen MR) is 138 cm³/mol. The van der Waals surface area contributed by atoms with Gasteiger partial charge in [-0.05, 0) is 26.0 Å². The Hall–Kier alpha value is -4.47. The van der Waals surface area contributed by atoms with Crippen molar-refractivity contribution in [2.24, 2.45) is 0 Å². The Kier molecular flexibility index (Phi) is 7.37. The fourth-order valence-corrected chi connectivity index (χ4v) is 4.01. The second-order valence-electron chi connectivity index (χ2n) is 8.53. The van der Waals surface area contributed by atoms with Crippen molar-refractivity contribution in [3.8, 4) is 11.5 Å². The van der Waals surface area contributed by atoms with E-state index in [1.807, 2.05) is 18.0 Å². The lowest BCUT2D eigenvalue weighted by Crippen LogP contribution is -2.39. The van der Waals surface area contributed by atoms with E-state index in [9.17, 15) is 19.2 Å². The van der Waals surface area contributed by atoms with Gasteiger partial charge in [0.25, 0.3) is 0 Å². The summed E-state index contributed by atoms with van der Waals surface area (Å²) in [6.07, 6.45) is 0. The van der Waals surface area contributed by atoms with E-state index in [4.69, 9.17) is 18.9 Å². The minimum absolute atomic E-state index is 0.0651. The maximum atomic E-state index is 13.2. The highest BCUT2D eigenvalue weighted by Crippen LogP contribution is 2.34.